The van der Waals surface area contributed by atoms with E-state index in [2.05, 4.69) is 15.3 Å². The Hall–Kier alpha value is -1.49. The van der Waals surface area contributed by atoms with Gasteiger partial charge in [0.1, 0.15) is 6.33 Å². The number of aromatic nitrogens is 2. The molecule has 0 atom stereocenters. The largest absolute Gasteiger partial charge is 0.393 e. The maximum atomic E-state index is 12.1. The first-order valence-corrected chi connectivity index (χ1v) is 6.80. The molecule has 1 aromatic heterocycles. The number of aliphatic hydroxyl groups excluding tert-OH is 1. The summed E-state index contributed by atoms with van der Waals surface area (Å²) in [6, 6.07) is 0. The smallest absolute Gasteiger partial charge is 0.223 e. The molecule has 0 spiro atoms. The van der Waals surface area contributed by atoms with Crippen molar-refractivity contribution in [2.75, 3.05) is 0 Å². The summed E-state index contributed by atoms with van der Waals surface area (Å²) in [5.41, 5.74) is 2.81. The molecule has 0 aromatic carbocycles. The summed E-state index contributed by atoms with van der Waals surface area (Å²) in [7, 11) is 0. The van der Waals surface area contributed by atoms with Gasteiger partial charge in [-0.05, 0) is 39.5 Å². The standard InChI is InChI=1S/C14H21N3O2/c1-9-13(10(2)17-8-16-9)7-15-14(19)11-3-5-12(18)6-4-11/h8,11-12,18H,3-7H2,1-2H3,(H,15,19). The van der Waals surface area contributed by atoms with Crippen LogP contribution in [0, 0.1) is 19.8 Å². The molecule has 1 aromatic rings. The van der Waals surface area contributed by atoms with Crippen LogP contribution >= 0.6 is 0 Å². The molecule has 0 aliphatic heterocycles. The van der Waals surface area contributed by atoms with Gasteiger partial charge < -0.3 is 10.4 Å². The van der Waals surface area contributed by atoms with E-state index in [1.54, 1.807) is 6.33 Å². The highest BCUT2D eigenvalue weighted by Crippen LogP contribution is 2.24. The number of carbonyl (C=O) groups excluding carboxylic acids is 1. The molecular formula is C14H21N3O2. The number of aryl methyl sites for hydroxylation is 2. The van der Waals surface area contributed by atoms with Crippen molar-refractivity contribution < 1.29 is 9.90 Å². The molecule has 1 aliphatic carbocycles. The van der Waals surface area contributed by atoms with Gasteiger partial charge in [-0.1, -0.05) is 0 Å². The molecule has 1 heterocycles. The van der Waals surface area contributed by atoms with Crippen molar-refractivity contribution >= 4 is 5.91 Å². The zero-order valence-electron chi connectivity index (χ0n) is 11.5. The van der Waals surface area contributed by atoms with Gasteiger partial charge in [-0.3, -0.25) is 4.79 Å². The highest BCUT2D eigenvalue weighted by Gasteiger charge is 2.25. The first kappa shape index (κ1) is 13.9. The van der Waals surface area contributed by atoms with Crippen molar-refractivity contribution in [1.29, 1.82) is 0 Å². The van der Waals surface area contributed by atoms with E-state index in [9.17, 15) is 9.90 Å². The van der Waals surface area contributed by atoms with Crippen molar-refractivity contribution in [2.45, 2.75) is 52.2 Å². The molecule has 2 rings (SSSR count). The van der Waals surface area contributed by atoms with Gasteiger partial charge in [-0.25, -0.2) is 9.97 Å². The van der Waals surface area contributed by atoms with E-state index in [0.29, 0.717) is 6.54 Å². The Morgan fingerprint density at radius 3 is 2.42 bits per heavy atom. The van der Waals surface area contributed by atoms with Gasteiger partial charge >= 0.3 is 0 Å². The molecule has 0 saturated heterocycles. The van der Waals surface area contributed by atoms with Gasteiger partial charge in [-0.2, -0.15) is 0 Å². The van der Waals surface area contributed by atoms with E-state index in [-0.39, 0.29) is 17.9 Å². The van der Waals surface area contributed by atoms with Crippen LogP contribution in [0.25, 0.3) is 0 Å². The topological polar surface area (TPSA) is 75.1 Å². The fourth-order valence-corrected chi connectivity index (χ4v) is 2.53. The van der Waals surface area contributed by atoms with Crippen molar-refractivity contribution in [3.8, 4) is 0 Å². The van der Waals surface area contributed by atoms with Gasteiger partial charge in [-0.15, -0.1) is 0 Å². The number of rotatable bonds is 3. The second-order valence-electron chi connectivity index (χ2n) is 5.25. The highest BCUT2D eigenvalue weighted by molar-refractivity contribution is 5.78. The van der Waals surface area contributed by atoms with Crippen LogP contribution in [0.3, 0.4) is 0 Å². The lowest BCUT2D eigenvalue weighted by molar-refractivity contribution is -0.126. The number of nitrogens with one attached hydrogen (secondary N) is 1. The number of carbonyl (C=O) groups is 1. The van der Waals surface area contributed by atoms with Crippen molar-refractivity contribution in [3.05, 3.63) is 23.3 Å². The third kappa shape index (κ3) is 3.50. The Morgan fingerprint density at radius 2 is 1.84 bits per heavy atom. The molecule has 1 saturated carbocycles. The average molecular weight is 263 g/mol. The fraction of sp³-hybridized carbons (Fsp3) is 0.643. The Bertz CT molecular complexity index is 434. The molecular weight excluding hydrogens is 242 g/mol. The van der Waals surface area contributed by atoms with Crippen LogP contribution in [0.1, 0.15) is 42.6 Å². The van der Waals surface area contributed by atoms with Crippen molar-refractivity contribution in [1.82, 2.24) is 15.3 Å². The van der Waals surface area contributed by atoms with E-state index in [4.69, 9.17) is 0 Å². The van der Waals surface area contributed by atoms with Crippen LogP contribution in [-0.4, -0.2) is 27.1 Å². The van der Waals surface area contributed by atoms with Crippen LogP contribution in [0.15, 0.2) is 6.33 Å². The van der Waals surface area contributed by atoms with Gasteiger partial charge in [0.05, 0.1) is 6.10 Å². The lowest BCUT2D eigenvalue weighted by Gasteiger charge is -2.24. The van der Waals surface area contributed by atoms with E-state index >= 15 is 0 Å². The lowest BCUT2D eigenvalue weighted by atomic mass is 9.87. The minimum atomic E-state index is -0.226. The molecule has 0 radical (unpaired) electrons. The van der Waals surface area contributed by atoms with Crippen molar-refractivity contribution in [3.63, 3.8) is 0 Å². The molecule has 1 amide bonds. The summed E-state index contributed by atoms with van der Waals surface area (Å²) >= 11 is 0. The zero-order valence-corrected chi connectivity index (χ0v) is 11.5. The van der Waals surface area contributed by atoms with Crippen LogP contribution in [-0.2, 0) is 11.3 Å². The Balaban J connectivity index is 1.90. The predicted molar refractivity (Wildman–Crippen MR) is 71.3 cm³/mol. The highest BCUT2D eigenvalue weighted by atomic mass is 16.3. The molecule has 2 N–H and O–H groups in total. The molecule has 5 heteroatoms. The average Bonchev–Trinajstić information content (AvgIpc) is 2.38. The molecule has 5 nitrogen and oxygen atoms in total. The third-order valence-electron chi connectivity index (χ3n) is 3.88. The zero-order chi connectivity index (χ0) is 13.8. The van der Waals surface area contributed by atoms with E-state index in [1.807, 2.05) is 13.8 Å². The number of aliphatic hydroxyl groups is 1. The first-order chi connectivity index (χ1) is 9.08. The van der Waals surface area contributed by atoms with Crippen molar-refractivity contribution in [2.24, 2.45) is 5.92 Å². The molecule has 0 bridgehead atoms. The quantitative estimate of drug-likeness (QED) is 0.861. The predicted octanol–water partition coefficient (Wildman–Crippen LogP) is 1.26. The maximum absolute atomic E-state index is 12.1. The molecule has 104 valence electrons. The Kier molecular flexibility index (Phi) is 4.47. The number of amides is 1. The molecule has 1 fully saturated rings. The number of nitrogens with zero attached hydrogens (tertiary/aromatic N) is 2. The number of hydrogen-bond donors (Lipinski definition) is 2. The SMILES string of the molecule is Cc1ncnc(C)c1CNC(=O)C1CCC(O)CC1. The lowest BCUT2D eigenvalue weighted by Crippen LogP contribution is -2.34. The second kappa shape index (κ2) is 6.10. The summed E-state index contributed by atoms with van der Waals surface area (Å²) in [6.07, 6.45) is 4.32. The van der Waals surface area contributed by atoms with E-state index in [0.717, 1.165) is 42.6 Å². The summed E-state index contributed by atoms with van der Waals surface area (Å²) in [5.74, 6) is 0.114. The molecule has 19 heavy (non-hydrogen) atoms. The van der Waals surface area contributed by atoms with Crippen LogP contribution in [0.5, 0.6) is 0 Å². The Morgan fingerprint density at radius 1 is 1.26 bits per heavy atom. The third-order valence-corrected chi connectivity index (χ3v) is 3.88. The van der Waals surface area contributed by atoms with E-state index in [1.165, 1.54) is 0 Å². The summed E-state index contributed by atoms with van der Waals surface area (Å²) in [4.78, 5) is 20.4. The minimum Gasteiger partial charge on any atom is -0.393 e. The normalized spacial score (nSPS) is 23.1. The van der Waals surface area contributed by atoms with Gasteiger partial charge in [0.2, 0.25) is 5.91 Å². The van der Waals surface area contributed by atoms with Gasteiger partial charge in [0.25, 0.3) is 0 Å². The summed E-state index contributed by atoms with van der Waals surface area (Å²) in [5, 5.41) is 12.4. The Labute approximate surface area is 113 Å². The monoisotopic (exact) mass is 263 g/mol. The first-order valence-electron chi connectivity index (χ1n) is 6.80. The molecule has 0 unspecified atom stereocenters. The van der Waals surface area contributed by atoms with Gasteiger partial charge in [0.15, 0.2) is 0 Å². The van der Waals surface area contributed by atoms with Crippen LogP contribution < -0.4 is 5.32 Å². The second-order valence-corrected chi connectivity index (χ2v) is 5.25. The van der Waals surface area contributed by atoms with Crippen LogP contribution in [0.2, 0.25) is 0 Å². The van der Waals surface area contributed by atoms with E-state index < -0.39 is 0 Å². The summed E-state index contributed by atoms with van der Waals surface area (Å²) < 4.78 is 0. The fourth-order valence-electron chi connectivity index (χ4n) is 2.53. The minimum absolute atomic E-state index is 0.0358. The maximum Gasteiger partial charge on any atom is 0.223 e. The van der Waals surface area contributed by atoms with Gasteiger partial charge in [0, 0.05) is 29.4 Å². The summed E-state index contributed by atoms with van der Waals surface area (Å²) in [6.45, 7) is 4.33. The van der Waals surface area contributed by atoms with Crippen LogP contribution in [0.4, 0.5) is 0 Å². The number of hydrogen-bond acceptors (Lipinski definition) is 4. The molecule has 1 aliphatic rings.